The van der Waals surface area contributed by atoms with Gasteiger partial charge in [-0.3, -0.25) is 4.79 Å². The minimum Gasteiger partial charge on any atom is -0.385 e. The highest BCUT2D eigenvalue weighted by Crippen LogP contribution is 2.48. The van der Waals surface area contributed by atoms with E-state index in [1.54, 1.807) is 13.2 Å². The van der Waals surface area contributed by atoms with Crippen LogP contribution in [-0.4, -0.2) is 56.3 Å². The van der Waals surface area contributed by atoms with Crippen molar-refractivity contribution in [3.63, 3.8) is 0 Å². The summed E-state index contributed by atoms with van der Waals surface area (Å²) in [5, 5.41) is 15.7. The predicted octanol–water partition coefficient (Wildman–Crippen LogP) is 5.15. The van der Waals surface area contributed by atoms with Crippen molar-refractivity contribution in [2.24, 2.45) is 23.7 Å². The Hall–Kier alpha value is -2.28. The van der Waals surface area contributed by atoms with Crippen LogP contribution in [0.25, 0.3) is 11.1 Å². The fourth-order valence-electron chi connectivity index (χ4n) is 6.46. The second-order valence-electron chi connectivity index (χ2n) is 11.1. The third kappa shape index (κ3) is 5.92. The Kier molecular flexibility index (Phi) is 9.04. The van der Waals surface area contributed by atoms with Crippen LogP contribution < -0.4 is 5.32 Å². The fourth-order valence-corrected chi connectivity index (χ4v) is 6.46. The van der Waals surface area contributed by atoms with Gasteiger partial charge in [-0.15, -0.1) is 0 Å². The van der Waals surface area contributed by atoms with Crippen LogP contribution >= 0.6 is 0 Å². The number of nitrogens with one attached hydrogen (secondary N) is 1. The molecule has 0 spiro atoms. The normalized spacial score (nSPS) is 25.1. The molecule has 1 aliphatic carbocycles. The average molecular weight is 511 g/mol. The molecule has 0 aromatic heterocycles. The molecule has 2 fully saturated rings. The van der Waals surface area contributed by atoms with Gasteiger partial charge in [0.25, 0.3) is 0 Å². The third-order valence-corrected chi connectivity index (χ3v) is 8.64. The summed E-state index contributed by atoms with van der Waals surface area (Å²) in [4.78, 5) is 15.5. The number of hydrogen-bond donors (Lipinski definition) is 2. The van der Waals surface area contributed by atoms with E-state index in [1.165, 1.54) is 6.07 Å². The SMILES string of the molecule is CNCC1C(C)C1C(=O)N1CCCC(C(O)(CCCCOC)c2cccc(F)c2-c2cccc(C)c2)C1. The van der Waals surface area contributed by atoms with Gasteiger partial charge in [-0.2, -0.15) is 0 Å². The average Bonchev–Trinajstić information content (AvgIpc) is 3.54. The molecule has 5 nitrogen and oxygen atoms in total. The first kappa shape index (κ1) is 27.7. The van der Waals surface area contributed by atoms with Crippen LogP contribution in [-0.2, 0) is 15.1 Å². The number of aryl methyl sites for hydroxylation is 1. The summed E-state index contributed by atoms with van der Waals surface area (Å²) < 4.78 is 20.7. The Labute approximate surface area is 221 Å². The predicted molar refractivity (Wildman–Crippen MR) is 146 cm³/mol. The van der Waals surface area contributed by atoms with E-state index in [2.05, 4.69) is 12.2 Å². The van der Waals surface area contributed by atoms with Crippen molar-refractivity contribution < 1.29 is 19.0 Å². The molecule has 2 aromatic rings. The van der Waals surface area contributed by atoms with E-state index in [-0.39, 0.29) is 23.6 Å². The van der Waals surface area contributed by atoms with Gasteiger partial charge in [-0.05, 0) is 81.6 Å². The van der Waals surface area contributed by atoms with Gasteiger partial charge < -0.3 is 20.1 Å². The number of likely N-dealkylation sites (tertiary alicyclic amines) is 1. The maximum absolute atomic E-state index is 15.5. The number of aliphatic hydroxyl groups is 1. The first-order valence-corrected chi connectivity index (χ1v) is 13.8. The van der Waals surface area contributed by atoms with Gasteiger partial charge in [0.15, 0.2) is 0 Å². The van der Waals surface area contributed by atoms with Crippen molar-refractivity contribution in [2.75, 3.05) is 40.4 Å². The van der Waals surface area contributed by atoms with Crippen LogP contribution in [0, 0.1) is 36.4 Å². The number of nitrogens with zero attached hydrogens (tertiary/aromatic N) is 1. The van der Waals surface area contributed by atoms with E-state index in [0.29, 0.717) is 42.5 Å². The van der Waals surface area contributed by atoms with Crippen LogP contribution in [0.1, 0.15) is 50.2 Å². The highest BCUT2D eigenvalue weighted by Gasteiger charge is 2.53. The molecule has 1 saturated heterocycles. The van der Waals surface area contributed by atoms with Crippen molar-refractivity contribution >= 4 is 5.91 Å². The van der Waals surface area contributed by atoms with Gasteiger partial charge in [0.05, 0.1) is 5.60 Å². The van der Waals surface area contributed by atoms with E-state index in [4.69, 9.17) is 4.74 Å². The van der Waals surface area contributed by atoms with Crippen LogP contribution in [0.4, 0.5) is 4.39 Å². The molecule has 2 aliphatic rings. The second kappa shape index (κ2) is 12.1. The van der Waals surface area contributed by atoms with E-state index in [0.717, 1.165) is 49.9 Å². The number of piperidine rings is 1. The van der Waals surface area contributed by atoms with Gasteiger partial charge in [0.1, 0.15) is 5.82 Å². The molecule has 1 amide bonds. The number of methoxy groups -OCH3 is 1. The standard InChI is InChI=1S/C31H43FN2O3/c1-21-10-7-11-23(18-21)29-26(13-8-14-27(29)32)31(36,15-5-6-17-37-4)24-12-9-16-34(20-24)30(35)28-22(2)25(28)19-33-3/h7-8,10-11,13-14,18,22,24-25,28,33,36H,5-6,9,12,15-17,19-20H2,1-4H3. The molecule has 2 N–H and O–H groups in total. The summed E-state index contributed by atoms with van der Waals surface area (Å²) in [6, 6.07) is 12.9. The van der Waals surface area contributed by atoms with E-state index < -0.39 is 5.60 Å². The number of benzene rings is 2. The number of ether oxygens (including phenoxy) is 1. The number of halogens is 1. The zero-order valence-electron chi connectivity index (χ0n) is 22.8. The Balaban J connectivity index is 1.67. The lowest BCUT2D eigenvalue weighted by atomic mass is 9.72. The zero-order chi connectivity index (χ0) is 26.6. The molecule has 202 valence electrons. The van der Waals surface area contributed by atoms with E-state index in [9.17, 15) is 9.90 Å². The maximum atomic E-state index is 15.5. The Bertz CT molecular complexity index is 1080. The quantitative estimate of drug-likeness (QED) is 0.411. The largest absolute Gasteiger partial charge is 0.385 e. The van der Waals surface area contributed by atoms with E-state index in [1.807, 2.05) is 49.2 Å². The molecule has 5 unspecified atom stereocenters. The molecular formula is C31H43FN2O3. The molecule has 6 heteroatoms. The van der Waals surface area contributed by atoms with Crippen molar-refractivity contribution in [3.05, 3.63) is 59.4 Å². The summed E-state index contributed by atoms with van der Waals surface area (Å²) >= 11 is 0. The van der Waals surface area contributed by atoms with Gasteiger partial charge in [-0.25, -0.2) is 4.39 Å². The number of carbonyl (C=O) groups is 1. The van der Waals surface area contributed by atoms with Gasteiger partial charge in [0.2, 0.25) is 5.91 Å². The first-order chi connectivity index (χ1) is 17.8. The highest BCUT2D eigenvalue weighted by molar-refractivity contribution is 5.82. The maximum Gasteiger partial charge on any atom is 0.226 e. The van der Waals surface area contributed by atoms with Gasteiger partial charge >= 0.3 is 0 Å². The van der Waals surface area contributed by atoms with Crippen LogP contribution in [0.2, 0.25) is 0 Å². The van der Waals surface area contributed by atoms with Crippen LogP contribution in [0.15, 0.2) is 42.5 Å². The van der Waals surface area contributed by atoms with Crippen LogP contribution in [0.3, 0.4) is 0 Å². The first-order valence-electron chi connectivity index (χ1n) is 13.8. The summed E-state index contributed by atoms with van der Waals surface area (Å²) in [6.07, 6.45) is 3.70. The molecule has 0 radical (unpaired) electrons. The molecule has 1 heterocycles. The number of carbonyl (C=O) groups excluding carboxylic acids is 1. The van der Waals surface area contributed by atoms with Crippen LogP contribution in [0.5, 0.6) is 0 Å². The summed E-state index contributed by atoms with van der Waals surface area (Å²) in [5.74, 6) is 0.514. The molecule has 5 atom stereocenters. The summed E-state index contributed by atoms with van der Waals surface area (Å²) in [5.41, 5.74) is 1.65. The molecule has 1 aliphatic heterocycles. The second-order valence-corrected chi connectivity index (χ2v) is 11.1. The molecule has 4 rings (SSSR count). The zero-order valence-corrected chi connectivity index (χ0v) is 22.8. The lowest BCUT2D eigenvalue weighted by Crippen LogP contribution is -2.49. The number of rotatable bonds is 11. The Morgan fingerprint density at radius 1 is 1.24 bits per heavy atom. The third-order valence-electron chi connectivity index (χ3n) is 8.64. The van der Waals surface area contributed by atoms with Crippen molar-refractivity contribution in [3.8, 4) is 11.1 Å². The number of unbranched alkanes of at least 4 members (excludes halogenated alkanes) is 1. The summed E-state index contributed by atoms with van der Waals surface area (Å²) in [7, 11) is 3.61. The monoisotopic (exact) mass is 510 g/mol. The van der Waals surface area contributed by atoms with Gasteiger partial charge in [-0.1, -0.05) is 48.9 Å². The molecule has 37 heavy (non-hydrogen) atoms. The minimum absolute atomic E-state index is 0.0537. The molecule has 1 saturated carbocycles. The van der Waals surface area contributed by atoms with Crippen molar-refractivity contribution in [1.29, 1.82) is 0 Å². The van der Waals surface area contributed by atoms with Gasteiger partial charge in [0, 0.05) is 44.2 Å². The fraction of sp³-hybridized carbons (Fsp3) is 0.581. The van der Waals surface area contributed by atoms with Crippen molar-refractivity contribution in [2.45, 2.75) is 51.6 Å². The molecule has 2 aromatic carbocycles. The topological polar surface area (TPSA) is 61.8 Å². The lowest BCUT2D eigenvalue weighted by Gasteiger charge is -2.44. The summed E-state index contributed by atoms with van der Waals surface area (Å²) in [6.45, 7) is 6.83. The Morgan fingerprint density at radius 3 is 2.76 bits per heavy atom. The highest BCUT2D eigenvalue weighted by atomic mass is 19.1. The minimum atomic E-state index is -1.26. The van der Waals surface area contributed by atoms with Crippen molar-refractivity contribution in [1.82, 2.24) is 10.2 Å². The molecular weight excluding hydrogens is 467 g/mol. The van der Waals surface area contributed by atoms with E-state index >= 15 is 4.39 Å². The Morgan fingerprint density at radius 2 is 2.03 bits per heavy atom. The smallest absolute Gasteiger partial charge is 0.226 e. The molecule has 0 bridgehead atoms. The number of amides is 1. The number of hydrogen-bond acceptors (Lipinski definition) is 4. The lowest BCUT2D eigenvalue weighted by molar-refractivity contribution is -0.138.